The molecule has 0 amide bonds. The van der Waals surface area contributed by atoms with Crippen LogP contribution < -0.4 is 5.32 Å². The van der Waals surface area contributed by atoms with Crippen LogP contribution in [0.25, 0.3) is 22.9 Å². The molecule has 47 heavy (non-hydrogen) atoms. The first-order chi connectivity index (χ1) is 23.3. The lowest BCUT2D eigenvalue weighted by molar-refractivity contribution is 0.272. The molecule has 2 N–H and O–H groups in total. The summed E-state index contributed by atoms with van der Waals surface area (Å²) in [6.45, 7) is 0. The van der Waals surface area contributed by atoms with E-state index in [4.69, 9.17) is 9.98 Å². The van der Waals surface area contributed by atoms with Gasteiger partial charge in [0.2, 0.25) is 0 Å². The topological polar surface area (TPSA) is 52.5 Å². The maximum absolute atomic E-state index is 5.26. The van der Waals surface area contributed by atoms with Gasteiger partial charge in [-0.1, -0.05) is 115 Å². The highest BCUT2D eigenvalue weighted by molar-refractivity contribution is 6.09. The molecule has 3 aromatic rings. The van der Waals surface area contributed by atoms with Crippen molar-refractivity contribution in [2.24, 2.45) is 39.6 Å². The molecule has 4 heteroatoms. The van der Waals surface area contributed by atoms with Crippen LogP contribution in [0.3, 0.4) is 0 Å². The quantitative estimate of drug-likeness (QED) is 0.277. The van der Waals surface area contributed by atoms with Crippen LogP contribution in [-0.2, 0) is 6.42 Å². The Morgan fingerprint density at radius 1 is 0.787 bits per heavy atom. The number of hydrogen-bond donors (Lipinski definition) is 2. The highest BCUT2D eigenvalue weighted by Gasteiger charge is 2.39. The standard InChI is InChI=1S/C43H40N4/c1-3-13-28(14-4-1)41-45-42(29-15-5-2-6-16-29)47-43(46-41)32-23-24-36(40-27-31-18-8-12-22-39(31)44-40)38(26-32)37-25-30-17-7-9-19-33(30)34-20-10-11-21-35(34)37/h1-7,9,11-15,17,19,21-27,29-30,33-35,43-44H,8,10,16,18,20H2,(H,45,46,47). The van der Waals surface area contributed by atoms with Crippen molar-refractivity contribution in [1.29, 1.82) is 0 Å². The molecule has 9 rings (SSSR count). The average Bonchev–Trinajstić information content (AvgIpc) is 3.59. The second-order valence-corrected chi connectivity index (χ2v) is 13.6. The maximum Gasteiger partial charge on any atom is 0.159 e. The minimum Gasteiger partial charge on any atom is -0.355 e. The van der Waals surface area contributed by atoms with Crippen LogP contribution in [0.1, 0.15) is 59.8 Å². The van der Waals surface area contributed by atoms with Crippen molar-refractivity contribution in [3.63, 3.8) is 0 Å². The van der Waals surface area contributed by atoms with Crippen LogP contribution >= 0.6 is 0 Å². The average molecular weight is 613 g/mol. The Bertz CT molecular complexity index is 1970. The molecular weight excluding hydrogens is 573 g/mol. The number of hydrogen-bond acceptors (Lipinski definition) is 3. The number of nitrogens with zero attached hydrogens (tertiary/aromatic N) is 2. The van der Waals surface area contributed by atoms with Gasteiger partial charge in [0.05, 0.1) is 0 Å². The van der Waals surface area contributed by atoms with Crippen molar-refractivity contribution in [2.75, 3.05) is 0 Å². The van der Waals surface area contributed by atoms with Crippen LogP contribution in [0, 0.1) is 29.6 Å². The van der Waals surface area contributed by atoms with Gasteiger partial charge in [-0.25, -0.2) is 9.98 Å². The summed E-state index contributed by atoms with van der Waals surface area (Å²) in [5.41, 5.74) is 10.1. The summed E-state index contributed by atoms with van der Waals surface area (Å²) in [6, 6.07) is 19.8. The number of fused-ring (bicyclic) bond motifs is 4. The number of H-pyrrole nitrogens is 1. The van der Waals surface area contributed by atoms with E-state index in [9.17, 15) is 0 Å². The molecule has 6 unspecified atom stereocenters. The Labute approximate surface area is 277 Å². The Kier molecular flexibility index (Phi) is 7.22. The van der Waals surface area contributed by atoms with E-state index < -0.39 is 0 Å². The number of nitrogens with one attached hydrogen (secondary N) is 2. The van der Waals surface area contributed by atoms with Crippen LogP contribution in [0.4, 0.5) is 0 Å². The normalized spacial score (nSPS) is 28.5. The fourth-order valence-corrected chi connectivity index (χ4v) is 8.43. The number of benzene rings is 2. The molecule has 2 aromatic carbocycles. The number of aromatic nitrogens is 1. The molecule has 4 nitrogen and oxygen atoms in total. The first-order valence-corrected chi connectivity index (χ1v) is 17.4. The lowest BCUT2D eigenvalue weighted by Crippen LogP contribution is -2.37. The number of rotatable bonds is 5. The van der Waals surface area contributed by atoms with Gasteiger partial charge in [0.1, 0.15) is 12.0 Å². The second-order valence-electron chi connectivity index (χ2n) is 13.6. The Morgan fingerprint density at radius 2 is 1.70 bits per heavy atom. The van der Waals surface area contributed by atoms with Gasteiger partial charge < -0.3 is 10.3 Å². The number of amidine groups is 2. The van der Waals surface area contributed by atoms with Gasteiger partial charge in [0, 0.05) is 40.3 Å². The van der Waals surface area contributed by atoms with Gasteiger partial charge in [0.25, 0.3) is 0 Å². The van der Waals surface area contributed by atoms with Crippen molar-refractivity contribution in [3.05, 3.63) is 155 Å². The maximum atomic E-state index is 5.26. The van der Waals surface area contributed by atoms with E-state index in [1.54, 1.807) is 0 Å². The summed E-state index contributed by atoms with van der Waals surface area (Å²) in [5, 5.41) is 3.78. The first kappa shape index (κ1) is 28.3. The molecule has 1 aromatic heterocycles. The largest absolute Gasteiger partial charge is 0.355 e. The molecule has 0 saturated heterocycles. The van der Waals surface area contributed by atoms with Crippen molar-refractivity contribution in [2.45, 2.75) is 38.3 Å². The predicted molar refractivity (Wildman–Crippen MR) is 195 cm³/mol. The number of aromatic amines is 1. The molecule has 6 atom stereocenters. The number of allylic oxidation sites excluding steroid dienone is 12. The van der Waals surface area contributed by atoms with Crippen molar-refractivity contribution in [3.8, 4) is 11.3 Å². The summed E-state index contributed by atoms with van der Waals surface area (Å²) in [6.07, 6.45) is 35.4. The first-order valence-electron chi connectivity index (χ1n) is 17.4. The molecule has 0 bridgehead atoms. The minimum atomic E-state index is -0.239. The van der Waals surface area contributed by atoms with Gasteiger partial charge >= 0.3 is 0 Å². The van der Waals surface area contributed by atoms with E-state index in [2.05, 4.69) is 138 Å². The highest BCUT2D eigenvalue weighted by Crippen LogP contribution is 2.50. The third-order valence-corrected chi connectivity index (χ3v) is 10.8. The Hall–Kier alpha value is -4.96. The van der Waals surface area contributed by atoms with E-state index in [1.807, 2.05) is 6.07 Å². The Balaban J connectivity index is 1.19. The molecule has 1 aliphatic heterocycles. The SMILES string of the molecule is C1=CCC(C2=NC(c3ccccc3)=NC(c3ccc(-c4cc5c([nH]4)C=CCC5)c(C4=CC5C=CC=CC5C5CCC=CC45)c3)N2)C=C1. The highest BCUT2D eigenvalue weighted by atomic mass is 15.2. The smallest absolute Gasteiger partial charge is 0.159 e. The van der Waals surface area contributed by atoms with Crippen molar-refractivity contribution < 1.29 is 0 Å². The molecule has 0 spiro atoms. The van der Waals surface area contributed by atoms with E-state index in [0.717, 1.165) is 48.5 Å². The predicted octanol–water partition coefficient (Wildman–Crippen LogP) is 9.56. The third kappa shape index (κ3) is 5.26. The lowest BCUT2D eigenvalue weighted by atomic mass is 9.61. The Morgan fingerprint density at radius 3 is 2.60 bits per heavy atom. The van der Waals surface area contributed by atoms with Gasteiger partial charge in [-0.05, 0) is 84.4 Å². The zero-order valence-electron chi connectivity index (χ0n) is 26.6. The molecule has 0 fully saturated rings. The van der Waals surface area contributed by atoms with Gasteiger partial charge in [-0.3, -0.25) is 0 Å². The van der Waals surface area contributed by atoms with Crippen LogP contribution in [0.15, 0.2) is 137 Å². The van der Waals surface area contributed by atoms with Gasteiger partial charge in [-0.2, -0.15) is 0 Å². The minimum absolute atomic E-state index is 0.200. The molecule has 232 valence electrons. The van der Waals surface area contributed by atoms with E-state index in [-0.39, 0.29) is 12.1 Å². The van der Waals surface area contributed by atoms with Crippen LogP contribution in [-0.4, -0.2) is 16.7 Å². The van der Waals surface area contributed by atoms with Gasteiger partial charge in [-0.15, -0.1) is 0 Å². The summed E-state index contributed by atoms with van der Waals surface area (Å²) in [4.78, 5) is 14.2. The molecule has 0 radical (unpaired) electrons. The number of aryl methyl sites for hydroxylation is 1. The third-order valence-electron chi connectivity index (χ3n) is 10.8. The molecule has 0 saturated carbocycles. The van der Waals surface area contributed by atoms with E-state index in [0.29, 0.717) is 23.7 Å². The van der Waals surface area contributed by atoms with Crippen molar-refractivity contribution >= 4 is 23.3 Å². The molecule has 5 aliphatic carbocycles. The second kappa shape index (κ2) is 12.0. The monoisotopic (exact) mass is 612 g/mol. The van der Waals surface area contributed by atoms with Crippen LogP contribution in [0.5, 0.6) is 0 Å². The van der Waals surface area contributed by atoms with Crippen LogP contribution in [0.2, 0.25) is 0 Å². The summed E-state index contributed by atoms with van der Waals surface area (Å²) < 4.78 is 0. The summed E-state index contributed by atoms with van der Waals surface area (Å²) in [5.74, 6) is 3.93. The summed E-state index contributed by atoms with van der Waals surface area (Å²) >= 11 is 0. The molecule has 2 heterocycles. The summed E-state index contributed by atoms with van der Waals surface area (Å²) in [7, 11) is 0. The zero-order valence-corrected chi connectivity index (χ0v) is 26.6. The van der Waals surface area contributed by atoms with E-state index >= 15 is 0 Å². The fourth-order valence-electron chi connectivity index (χ4n) is 8.43. The van der Waals surface area contributed by atoms with Gasteiger partial charge in [0.15, 0.2) is 5.84 Å². The molecule has 6 aliphatic rings. The van der Waals surface area contributed by atoms with Crippen molar-refractivity contribution in [1.82, 2.24) is 10.3 Å². The fraction of sp³-hybridized carbons (Fsp3) is 0.256. The van der Waals surface area contributed by atoms with E-state index in [1.165, 1.54) is 40.1 Å². The molecular formula is C43H40N4. The number of aliphatic imine (C=N–C) groups is 2. The lowest BCUT2D eigenvalue weighted by Gasteiger charge is -2.43. The zero-order chi connectivity index (χ0) is 31.2.